The van der Waals surface area contributed by atoms with Crippen LogP contribution < -0.4 is 4.72 Å². The first kappa shape index (κ1) is 16.4. The van der Waals surface area contributed by atoms with Crippen molar-refractivity contribution in [3.8, 4) is 0 Å². The fourth-order valence-corrected chi connectivity index (χ4v) is 2.73. The number of aryl methyl sites for hydroxylation is 1. The summed E-state index contributed by atoms with van der Waals surface area (Å²) in [4.78, 5) is 0.282. The van der Waals surface area contributed by atoms with Gasteiger partial charge in [-0.3, -0.25) is 0 Å². The smallest absolute Gasteiger partial charge is 0.240 e. The average molecular weight is 306 g/mol. The highest BCUT2D eigenvalue weighted by atomic mass is 35.5. The van der Waals surface area contributed by atoms with E-state index in [1.165, 1.54) is 0 Å². The first-order valence-electron chi connectivity index (χ1n) is 6.32. The largest absolute Gasteiger partial charge is 0.379 e. The number of halogens is 1. The molecule has 0 unspecified atom stereocenters. The van der Waals surface area contributed by atoms with E-state index >= 15 is 0 Å². The number of benzene rings is 1. The number of nitrogens with one attached hydrogen (secondary N) is 1. The van der Waals surface area contributed by atoms with Crippen molar-refractivity contribution in [2.75, 3.05) is 25.6 Å². The van der Waals surface area contributed by atoms with E-state index in [9.17, 15) is 8.42 Å². The van der Waals surface area contributed by atoms with Crippen LogP contribution in [0.1, 0.15) is 18.9 Å². The number of sulfonamides is 1. The average Bonchev–Trinajstić information content (AvgIpc) is 2.39. The lowest BCUT2D eigenvalue weighted by atomic mass is 10.1. The third-order valence-corrected chi connectivity index (χ3v) is 4.16. The first-order chi connectivity index (χ1) is 9.10. The van der Waals surface area contributed by atoms with Crippen LogP contribution in [0.3, 0.4) is 0 Å². The Morgan fingerprint density at radius 3 is 2.47 bits per heavy atom. The highest BCUT2D eigenvalue weighted by Crippen LogP contribution is 2.11. The van der Waals surface area contributed by atoms with Crippen LogP contribution in [0.15, 0.2) is 29.2 Å². The molecule has 0 aliphatic heterocycles. The second-order valence-electron chi connectivity index (χ2n) is 4.09. The van der Waals surface area contributed by atoms with E-state index in [4.69, 9.17) is 16.3 Å². The molecule has 6 heteroatoms. The molecule has 0 spiro atoms. The molecule has 0 aliphatic rings. The molecule has 0 aromatic heterocycles. The lowest BCUT2D eigenvalue weighted by Gasteiger charge is -2.07. The summed E-state index contributed by atoms with van der Waals surface area (Å²) in [5, 5.41) is 0. The second kappa shape index (κ2) is 8.53. The van der Waals surface area contributed by atoms with Gasteiger partial charge in [0.2, 0.25) is 10.0 Å². The van der Waals surface area contributed by atoms with Crippen LogP contribution in [-0.4, -0.2) is 34.1 Å². The molecule has 1 aromatic carbocycles. The zero-order valence-electron chi connectivity index (χ0n) is 11.1. The molecule has 0 saturated carbocycles. The lowest BCUT2D eigenvalue weighted by molar-refractivity contribution is 0.155. The summed E-state index contributed by atoms with van der Waals surface area (Å²) in [6.07, 6.45) is 2.00. The fourth-order valence-electron chi connectivity index (χ4n) is 1.61. The molecular formula is C13H20ClNO3S. The molecule has 0 fully saturated rings. The summed E-state index contributed by atoms with van der Waals surface area (Å²) in [6, 6.07) is 6.96. The number of alkyl halides is 1. The van der Waals surface area contributed by atoms with E-state index in [0.717, 1.165) is 18.4 Å². The summed E-state index contributed by atoms with van der Waals surface area (Å²) >= 11 is 5.44. The molecule has 0 heterocycles. The molecular weight excluding hydrogens is 286 g/mol. The van der Waals surface area contributed by atoms with Crippen molar-refractivity contribution in [3.63, 3.8) is 0 Å². The van der Waals surface area contributed by atoms with Gasteiger partial charge in [0.1, 0.15) is 0 Å². The maximum atomic E-state index is 11.9. The standard InChI is InChI=1S/C13H20ClNO3S/c1-2-3-12-4-6-13(7-5-12)19(16,17)15-9-11-18-10-8-14/h4-7,15H,2-3,8-11H2,1H3. The minimum atomic E-state index is -3.44. The molecule has 4 nitrogen and oxygen atoms in total. The summed E-state index contributed by atoms with van der Waals surface area (Å²) in [7, 11) is -3.44. The van der Waals surface area contributed by atoms with Crippen molar-refractivity contribution in [1.29, 1.82) is 0 Å². The van der Waals surface area contributed by atoms with Crippen LogP contribution in [0.4, 0.5) is 0 Å². The Hall–Kier alpha value is -0.620. The van der Waals surface area contributed by atoms with Gasteiger partial charge >= 0.3 is 0 Å². The van der Waals surface area contributed by atoms with Crippen molar-refractivity contribution in [2.24, 2.45) is 0 Å². The molecule has 1 rings (SSSR count). The van der Waals surface area contributed by atoms with E-state index in [1.54, 1.807) is 12.1 Å². The van der Waals surface area contributed by atoms with Crippen molar-refractivity contribution >= 4 is 21.6 Å². The van der Waals surface area contributed by atoms with Crippen LogP contribution >= 0.6 is 11.6 Å². The van der Waals surface area contributed by atoms with E-state index < -0.39 is 10.0 Å². The Balaban J connectivity index is 2.52. The molecule has 1 aromatic rings. The Bertz CT molecular complexity index is 459. The third-order valence-electron chi connectivity index (χ3n) is 2.53. The zero-order chi connectivity index (χ0) is 14.1. The van der Waals surface area contributed by atoms with Crippen molar-refractivity contribution < 1.29 is 13.2 Å². The predicted octanol–water partition coefficient (Wildman–Crippen LogP) is 2.17. The highest BCUT2D eigenvalue weighted by Gasteiger charge is 2.12. The van der Waals surface area contributed by atoms with Gasteiger partial charge in [-0.25, -0.2) is 13.1 Å². The summed E-state index contributed by atoms with van der Waals surface area (Å²) in [6.45, 7) is 3.08. The van der Waals surface area contributed by atoms with Crippen LogP contribution in [0.5, 0.6) is 0 Å². The van der Waals surface area contributed by atoms with Gasteiger partial charge in [-0.15, -0.1) is 11.6 Å². The van der Waals surface area contributed by atoms with Crippen molar-refractivity contribution in [3.05, 3.63) is 29.8 Å². The third kappa shape index (κ3) is 5.91. The van der Waals surface area contributed by atoms with Crippen molar-refractivity contribution in [2.45, 2.75) is 24.7 Å². The SMILES string of the molecule is CCCc1ccc(S(=O)(=O)NCCOCCCl)cc1. The van der Waals surface area contributed by atoms with Crippen LogP contribution in [0.2, 0.25) is 0 Å². The molecule has 0 atom stereocenters. The summed E-state index contributed by atoms with van der Waals surface area (Å²) < 4.78 is 31.5. The number of hydrogen-bond acceptors (Lipinski definition) is 3. The molecule has 0 radical (unpaired) electrons. The normalized spacial score (nSPS) is 11.7. The zero-order valence-corrected chi connectivity index (χ0v) is 12.6. The van der Waals surface area contributed by atoms with Crippen molar-refractivity contribution in [1.82, 2.24) is 4.72 Å². The topological polar surface area (TPSA) is 55.4 Å². The minimum absolute atomic E-state index is 0.246. The Morgan fingerprint density at radius 2 is 1.89 bits per heavy atom. The molecule has 108 valence electrons. The maximum absolute atomic E-state index is 11.9. The van der Waals surface area contributed by atoms with Gasteiger partial charge in [0, 0.05) is 12.4 Å². The molecule has 0 bridgehead atoms. The quantitative estimate of drug-likeness (QED) is 0.562. The van der Waals surface area contributed by atoms with E-state index in [0.29, 0.717) is 19.1 Å². The van der Waals surface area contributed by atoms with Gasteiger partial charge in [0.15, 0.2) is 0 Å². The van der Waals surface area contributed by atoms with Crippen LogP contribution in [0, 0.1) is 0 Å². The molecule has 0 amide bonds. The number of ether oxygens (including phenoxy) is 1. The number of hydrogen-bond donors (Lipinski definition) is 1. The monoisotopic (exact) mass is 305 g/mol. The van der Waals surface area contributed by atoms with Gasteiger partial charge in [-0.1, -0.05) is 25.5 Å². The molecule has 19 heavy (non-hydrogen) atoms. The molecule has 1 N–H and O–H groups in total. The summed E-state index contributed by atoms with van der Waals surface area (Å²) in [5.41, 5.74) is 1.15. The van der Waals surface area contributed by atoms with Gasteiger partial charge < -0.3 is 4.74 Å². The first-order valence-corrected chi connectivity index (χ1v) is 8.34. The maximum Gasteiger partial charge on any atom is 0.240 e. The second-order valence-corrected chi connectivity index (χ2v) is 6.24. The van der Waals surface area contributed by atoms with Gasteiger partial charge in [-0.05, 0) is 24.1 Å². The minimum Gasteiger partial charge on any atom is -0.379 e. The van der Waals surface area contributed by atoms with Crippen LogP contribution in [0.25, 0.3) is 0 Å². The molecule has 0 saturated heterocycles. The molecule has 0 aliphatic carbocycles. The predicted molar refractivity (Wildman–Crippen MR) is 77.2 cm³/mol. The Morgan fingerprint density at radius 1 is 1.21 bits per heavy atom. The van der Waals surface area contributed by atoms with Gasteiger partial charge in [0.25, 0.3) is 0 Å². The van der Waals surface area contributed by atoms with E-state index in [1.807, 2.05) is 12.1 Å². The highest BCUT2D eigenvalue weighted by molar-refractivity contribution is 7.89. The van der Waals surface area contributed by atoms with Gasteiger partial charge in [0.05, 0.1) is 18.1 Å². The Kier molecular flexibility index (Phi) is 7.38. The fraction of sp³-hybridized carbons (Fsp3) is 0.538. The Labute approximate surface area is 120 Å². The lowest BCUT2D eigenvalue weighted by Crippen LogP contribution is -2.27. The number of rotatable bonds is 9. The van der Waals surface area contributed by atoms with E-state index in [-0.39, 0.29) is 11.4 Å². The summed E-state index contributed by atoms with van der Waals surface area (Å²) in [5.74, 6) is 0.408. The van der Waals surface area contributed by atoms with Gasteiger partial charge in [-0.2, -0.15) is 0 Å². The van der Waals surface area contributed by atoms with E-state index in [2.05, 4.69) is 11.6 Å². The van der Waals surface area contributed by atoms with Crippen LogP contribution in [-0.2, 0) is 21.2 Å².